The van der Waals surface area contributed by atoms with Crippen LogP contribution in [-0.4, -0.2) is 43.1 Å². The summed E-state index contributed by atoms with van der Waals surface area (Å²) in [5.41, 5.74) is 0.123. The molecule has 0 aromatic carbocycles. The maximum Gasteiger partial charge on any atom is 0.391 e. The van der Waals surface area contributed by atoms with Gasteiger partial charge in [0.25, 0.3) is 0 Å². The van der Waals surface area contributed by atoms with Gasteiger partial charge < -0.3 is 15.5 Å². The SMILES string of the molecule is CNC(=O)C(NC(=O)C(C)C)c1cccc(N2CC3(CC(C(F)(F)F)C3)C2)n1. The number of hydrogen-bond donors (Lipinski definition) is 2. The molecule has 6 nitrogen and oxygen atoms in total. The molecule has 1 saturated heterocycles. The van der Waals surface area contributed by atoms with Gasteiger partial charge in [-0.05, 0) is 25.0 Å². The number of nitrogens with zero attached hydrogens (tertiary/aromatic N) is 2. The molecule has 28 heavy (non-hydrogen) atoms. The van der Waals surface area contributed by atoms with E-state index >= 15 is 0 Å². The van der Waals surface area contributed by atoms with Gasteiger partial charge in [0.2, 0.25) is 11.8 Å². The van der Waals surface area contributed by atoms with Gasteiger partial charge >= 0.3 is 6.18 Å². The number of hydrogen-bond acceptors (Lipinski definition) is 4. The van der Waals surface area contributed by atoms with Crippen molar-refractivity contribution in [3.05, 3.63) is 23.9 Å². The highest BCUT2D eigenvalue weighted by molar-refractivity contribution is 5.88. The van der Waals surface area contributed by atoms with E-state index in [1.807, 2.05) is 4.90 Å². The first-order valence-electron chi connectivity index (χ1n) is 9.35. The van der Waals surface area contributed by atoms with E-state index in [1.54, 1.807) is 32.0 Å². The molecule has 0 bridgehead atoms. The molecule has 1 aromatic rings. The molecule has 2 aliphatic rings. The topological polar surface area (TPSA) is 74.3 Å². The van der Waals surface area contributed by atoms with E-state index in [9.17, 15) is 22.8 Å². The minimum absolute atomic E-state index is 0.165. The molecular formula is C19H25F3N4O2. The van der Waals surface area contributed by atoms with Crippen LogP contribution in [0.5, 0.6) is 0 Å². The van der Waals surface area contributed by atoms with Crippen LogP contribution in [-0.2, 0) is 9.59 Å². The molecule has 0 radical (unpaired) electrons. The third-order valence-electron chi connectivity index (χ3n) is 5.57. The summed E-state index contributed by atoms with van der Waals surface area (Å²) >= 11 is 0. The molecule has 2 heterocycles. The van der Waals surface area contributed by atoms with E-state index in [-0.39, 0.29) is 36.0 Å². The summed E-state index contributed by atoms with van der Waals surface area (Å²) in [6, 6.07) is 4.23. The molecule has 1 spiro atoms. The van der Waals surface area contributed by atoms with Gasteiger partial charge in [0, 0.05) is 31.5 Å². The van der Waals surface area contributed by atoms with E-state index in [2.05, 4.69) is 15.6 Å². The standard InChI is InChI=1S/C19H25F3N4O2/c1-11(2)16(27)25-15(17(28)23-3)13-5-4-6-14(24-13)26-9-18(10-26)7-12(8-18)19(20,21)22/h4-6,11-12,15H,7-10H2,1-3H3,(H,23,28)(H,25,27). The van der Waals surface area contributed by atoms with Crippen molar-refractivity contribution in [1.29, 1.82) is 0 Å². The van der Waals surface area contributed by atoms with Crippen molar-refractivity contribution in [3.8, 4) is 0 Å². The van der Waals surface area contributed by atoms with E-state index in [0.717, 1.165) is 0 Å². The Morgan fingerprint density at radius 1 is 1.21 bits per heavy atom. The maximum absolute atomic E-state index is 12.7. The van der Waals surface area contributed by atoms with Gasteiger partial charge in [-0.3, -0.25) is 9.59 Å². The molecule has 154 valence electrons. The van der Waals surface area contributed by atoms with Gasteiger partial charge in [0.15, 0.2) is 6.04 Å². The molecule has 2 N–H and O–H groups in total. The lowest BCUT2D eigenvalue weighted by Crippen LogP contribution is -2.64. The van der Waals surface area contributed by atoms with Crippen LogP contribution in [0.1, 0.15) is 38.4 Å². The molecule has 3 rings (SSSR count). The average Bonchev–Trinajstić information content (AvgIpc) is 2.55. The molecule has 1 atom stereocenters. The van der Waals surface area contributed by atoms with Crippen LogP contribution in [0, 0.1) is 17.3 Å². The van der Waals surface area contributed by atoms with Gasteiger partial charge in [0.05, 0.1) is 11.6 Å². The summed E-state index contributed by atoms with van der Waals surface area (Å²) in [7, 11) is 1.48. The number of halogens is 3. The van der Waals surface area contributed by atoms with Gasteiger partial charge in [-0.1, -0.05) is 19.9 Å². The van der Waals surface area contributed by atoms with Crippen LogP contribution in [0.4, 0.5) is 19.0 Å². The van der Waals surface area contributed by atoms with Crippen molar-refractivity contribution in [2.24, 2.45) is 17.3 Å². The van der Waals surface area contributed by atoms with Crippen LogP contribution in [0.25, 0.3) is 0 Å². The van der Waals surface area contributed by atoms with Crippen molar-refractivity contribution in [1.82, 2.24) is 15.6 Å². The van der Waals surface area contributed by atoms with Crippen molar-refractivity contribution in [2.45, 2.75) is 38.9 Å². The number of nitrogens with one attached hydrogen (secondary N) is 2. The third-order valence-corrected chi connectivity index (χ3v) is 5.57. The Morgan fingerprint density at radius 2 is 1.86 bits per heavy atom. The van der Waals surface area contributed by atoms with Crippen LogP contribution in [0.15, 0.2) is 18.2 Å². The number of amides is 2. The summed E-state index contributed by atoms with van der Waals surface area (Å²) < 4.78 is 38.2. The van der Waals surface area contributed by atoms with E-state index < -0.39 is 18.1 Å². The molecular weight excluding hydrogens is 373 g/mol. The Balaban J connectivity index is 1.68. The first-order chi connectivity index (χ1) is 13.0. The molecule has 1 saturated carbocycles. The van der Waals surface area contributed by atoms with E-state index in [1.165, 1.54) is 7.05 Å². The van der Waals surface area contributed by atoms with Crippen LogP contribution in [0.3, 0.4) is 0 Å². The molecule has 9 heteroatoms. The molecule has 1 aromatic heterocycles. The number of likely N-dealkylation sites (N-methyl/N-ethyl adjacent to an activating group) is 1. The maximum atomic E-state index is 12.7. The molecule has 1 unspecified atom stereocenters. The number of alkyl halides is 3. The van der Waals surface area contributed by atoms with Crippen molar-refractivity contribution in [2.75, 3.05) is 25.0 Å². The minimum Gasteiger partial charge on any atom is -0.357 e. The molecule has 1 aliphatic heterocycles. The summed E-state index contributed by atoms with van der Waals surface area (Å²) in [6.07, 6.45) is -3.78. The van der Waals surface area contributed by atoms with E-state index in [0.29, 0.717) is 24.6 Å². The summed E-state index contributed by atoms with van der Waals surface area (Å²) in [5.74, 6) is -1.53. The second-order valence-electron chi connectivity index (χ2n) is 8.13. The number of aromatic nitrogens is 1. The highest BCUT2D eigenvalue weighted by Crippen LogP contribution is 2.57. The van der Waals surface area contributed by atoms with E-state index in [4.69, 9.17) is 0 Å². The lowest BCUT2D eigenvalue weighted by atomic mass is 9.57. The Labute approximate surface area is 161 Å². The van der Waals surface area contributed by atoms with Gasteiger partial charge in [-0.25, -0.2) is 4.98 Å². The first-order valence-corrected chi connectivity index (χ1v) is 9.35. The fraction of sp³-hybridized carbons (Fsp3) is 0.632. The van der Waals surface area contributed by atoms with Crippen molar-refractivity contribution in [3.63, 3.8) is 0 Å². The van der Waals surface area contributed by atoms with Crippen LogP contribution >= 0.6 is 0 Å². The Bertz CT molecular complexity index is 752. The zero-order valence-electron chi connectivity index (χ0n) is 16.1. The lowest BCUT2D eigenvalue weighted by molar-refractivity contribution is -0.225. The first kappa shape index (κ1) is 20.4. The minimum atomic E-state index is -4.11. The fourth-order valence-electron chi connectivity index (χ4n) is 3.90. The van der Waals surface area contributed by atoms with Gasteiger partial charge in [-0.2, -0.15) is 13.2 Å². The Kier molecular flexibility index (Phi) is 5.29. The zero-order chi connectivity index (χ0) is 20.7. The smallest absolute Gasteiger partial charge is 0.357 e. The van der Waals surface area contributed by atoms with Gasteiger partial charge in [0.1, 0.15) is 5.82 Å². The average molecular weight is 398 g/mol. The molecule has 1 aliphatic carbocycles. The second-order valence-corrected chi connectivity index (χ2v) is 8.13. The van der Waals surface area contributed by atoms with Crippen LogP contribution in [0.2, 0.25) is 0 Å². The normalized spacial score (nSPS) is 19.8. The number of anilines is 1. The second kappa shape index (κ2) is 7.25. The molecule has 2 fully saturated rings. The van der Waals surface area contributed by atoms with Crippen LogP contribution < -0.4 is 15.5 Å². The van der Waals surface area contributed by atoms with Gasteiger partial charge in [-0.15, -0.1) is 0 Å². The number of carbonyl (C=O) groups is 2. The van der Waals surface area contributed by atoms with Crippen molar-refractivity contribution < 1.29 is 22.8 Å². The molecule has 2 amide bonds. The summed E-state index contributed by atoms with van der Waals surface area (Å²) in [6.45, 7) is 4.51. The lowest BCUT2D eigenvalue weighted by Gasteiger charge is -2.59. The Morgan fingerprint density at radius 3 is 2.39 bits per heavy atom. The third kappa shape index (κ3) is 3.93. The highest BCUT2D eigenvalue weighted by Gasteiger charge is 2.60. The predicted octanol–water partition coefficient (Wildman–Crippen LogP) is 2.42. The summed E-state index contributed by atoms with van der Waals surface area (Å²) in [5, 5.41) is 5.21. The van der Waals surface area contributed by atoms with Crippen molar-refractivity contribution >= 4 is 17.6 Å². The number of rotatable bonds is 5. The summed E-state index contributed by atoms with van der Waals surface area (Å²) in [4.78, 5) is 30.7. The number of carbonyl (C=O) groups excluding carboxylic acids is 2. The largest absolute Gasteiger partial charge is 0.391 e. The number of pyridine rings is 1. The monoisotopic (exact) mass is 398 g/mol. The Hall–Kier alpha value is -2.32. The fourth-order valence-corrected chi connectivity index (χ4v) is 3.90. The highest BCUT2D eigenvalue weighted by atomic mass is 19.4. The zero-order valence-corrected chi connectivity index (χ0v) is 16.1. The predicted molar refractivity (Wildman–Crippen MR) is 97.5 cm³/mol. The quantitative estimate of drug-likeness (QED) is 0.799.